The van der Waals surface area contributed by atoms with E-state index in [0.717, 1.165) is 70.6 Å². The van der Waals surface area contributed by atoms with Crippen LogP contribution in [0.2, 0.25) is 0 Å². The maximum atomic E-state index is 13.0. The molecule has 0 fully saturated rings. The maximum Gasteiger partial charge on any atom is 0.306 e. The van der Waals surface area contributed by atoms with Crippen molar-refractivity contribution in [1.82, 2.24) is 0 Å². The average Bonchev–Trinajstić information content (AvgIpc) is 3.47. The van der Waals surface area contributed by atoms with Crippen molar-refractivity contribution in [2.45, 2.75) is 419 Å². The van der Waals surface area contributed by atoms with E-state index >= 15 is 0 Å². The Morgan fingerprint density at radius 3 is 0.683 bits per heavy atom. The van der Waals surface area contributed by atoms with E-state index in [2.05, 4.69) is 57.2 Å². The Kier molecular flexibility index (Phi) is 69.1. The molecule has 0 aliphatic carbocycles. The van der Waals surface area contributed by atoms with Gasteiger partial charge >= 0.3 is 17.9 Å². The van der Waals surface area contributed by atoms with E-state index in [1.165, 1.54) is 302 Å². The van der Waals surface area contributed by atoms with Crippen molar-refractivity contribution >= 4 is 17.9 Å². The summed E-state index contributed by atoms with van der Waals surface area (Å²) in [6.07, 6.45) is 88.9. The summed E-state index contributed by atoms with van der Waals surface area (Å²) >= 11 is 0. The molecule has 0 aromatic carbocycles. The van der Waals surface area contributed by atoms with Gasteiger partial charge in [0.2, 0.25) is 0 Å². The molecule has 0 spiro atoms. The average molecular weight is 1150 g/mol. The van der Waals surface area contributed by atoms with E-state index in [1.54, 1.807) is 0 Å². The van der Waals surface area contributed by atoms with Crippen LogP contribution in [0.1, 0.15) is 412 Å². The first kappa shape index (κ1) is 79.6. The Labute approximate surface area is 512 Å². The summed E-state index contributed by atoms with van der Waals surface area (Å²) in [6, 6.07) is 0. The van der Waals surface area contributed by atoms with E-state index in [4.69, 9.17) is 14.2 Å². The van der Waals surface area contributed by atoms with Crippen LogP contribution >= 0.6 is 0 Å². The lowest BCUT2D eigenvalue weighted by Gasteiger charge is -2.18. The first-order valence-electron chi connectivity index (χ1n) is 37.0. The van der Waals surface area contributed by atoms with E-state index in [0.29, 0.717) is 19.3 Å². The molecule has 6 heteroatoms. The van der Waals surface area contributed by atoms with Crippen LogP contribution in [0.25, 0.3) is 0 Å². The lowest BCUT2D eigenvalue weighted by molar-refractivity contribution is -0.167. The molecule has 0 saturated heterocycles. The molecule has 82 heavy (non-hydrogen) atoms. The summed E-state index contributed by atoms with van der Waals surface area (Å²) in [4.78, 5) is 38.5. The number of unbranched alkanes of at least 4 members (excludes halogenated alkanes) is 52. The number of rotatable bonds is 69. The van der Waals surface area contributed by atoms with Crippen molar-refractivity contribution < 1.29 is 28.6 Å². The third-order valence-electron chi connectivity index (χ3n) is 16.9. The molecule has 0 amide bonds. The molecule has 1 unspecified atom stereocenters. The summed E-state index contributed by atoms with van der Waals surface area (Å²) in [5.41, 5.74) is 0. The Morgan fingerprint density at radius 1 is 0.244 bits per heavy atom. The van der Waals surface area contributed by atoms with Gasteiger partial charge in [-0.2, -0.15) is 0 Å². The first-order valence-corrected chi connectivity index (χ1v) is 37.0. The molecule has 0 bridgehead atoms. The SMILES string of the molecule is CCCCCCC/C=C\C/C=C\C/C=C\CCCCCCCCCCCCC(=O)OCC(COC(=O)CCCCCCCCCCCCCCCCC)OC(=O)CCCCCCCCCCCCCCCCCCCCCCCCCC. The van der Waals surface area contributed by atoms with Crippen molar-refractivity contribution in [3.63, 3.8) is 0 Å². The lowest BCUT2D eigenvalue weighted by Crippen LogP contribution is -2.30. The van der Waals surface area contributed by atoms with Crippen LogP contribution in [-0.2, 0) is 28.6 Å². The Balaban J connectivity index is 4.27. The van der Waals surface area contributed by atoms with Gasteiger partial charge in [-0.05, 0) is 57.8 Å². The van der Waals surface area contributed by atoms with Crippen LogP contribution in [0.3, 0.4) is 0 Å². The molecular weight excluding hydrogens is 1010 g/mol. The van der Waals surface area contributed by atoms with E-state index in [1.807, 2.05) is 0 Å². The number of carbonyl (C=O) groups is 3. The van der Waals surface area contributed by atoms with Gasteiger partial charge in [0.15, 0.2) is 6.10 Å². The predicted octanol–water partition coefficient (Wildman–Crippen LogP) is 25.5. The highest BCUT2D eigenvalue weighted by atomic mass is 16.6. The highest BCUT2D eigenvalue weighted by Gasteiger charge is 2.20. The van der Waals surface area contributed by atoms with Crippen LogP contribution in [0.4, 0.5) is 0 Å². The van der Waals surface area contributed by atoms with Crippen LogP contribution in [0.5, 0.6) is 0 Å². The topological polar surface area (TPSA) is 78.9 Å². The molecular formula is C76H142O6. The molecule has 482 valence electrons. The normalized spacial score (nSPS) is 12.2. The highest BCUT2D eigenvalue weighted by molar-refractivity contribution is 5.71. The van der Waals surface area contributed by atoms with Gasteiger partial charge in [-0.3, -0.25) is 14.4 Å². The van der Waals surface area contributed by atoms with Crippen LogP contribution in [0.15, 0.2) is 36.5 Å². The second-order valence-corrected chi connectivity index (χ2v) is 25.2. The van der Waals surface area contributed by atoms with Crippen molar-refractivity contribution in [3.05, 3.63) is 36.5 Å². The van der Waals surface area contributed by atoms with Crippen molar-refractivity contribution in [2.75, 3.05) is 13.2 Å². The molecule has 0 aromatic heterocycles. The minimum absolute atomic E-state index is 0.0667. The zero-order valence-corrected chi connectivity index (χ0v) is 55.5. The van der Waals surface area contributed by atoms with Crippen molar-refractivity contribution in [3.8, 4) is 0 Å². The van der Waals surface area contributed by atoms with Crippen molar-refractivity contribution in [1.29, 1.82) is 0 Å². The molecule has 6 nitrogen and oxygen atoms in total. The minimum Gasteiger partial charge on any atom is -0.462 e. The van der Waals surface area contributed by atoms with Gasteiger partial charge in [-0.1, -0.05) is 372 Å². The number of esters is 3. The number of hydrogen-bond acceptors (Lipinski definition) is 6. The molecule has 0 rings (SSSR count). The molecule has 0 aliphatic rings. The zero-order valence-electron chi connectivity index (χ0n) is 55.5. The summed E-state index contributed by atoms with van der Waals surface area (Å²) in [6.45, 7) is 6.71. The van der Waals surface area contributed by atoms with E-state index in [-0.39, 0.29) is 31.1 Å². The largest absolute Gasteiger partial charge is 0.462 e. The smallest absolute Gasteiger partial charge is 0.306 e. The van der Waals surface area contributed by atoms with Crippen LogP contribution in [0, 0.1) is 0 Å². The summed E-state index contributed by atoms with van der Waals surface area (Å²) < 4.78 is 17.0. The zero-order chi connectivity index (χ0) is 59.2. The lowest BCUT2D eigenvalue weighted by atomic mass is 10.0. The fourth-order valence-electron chi connectivity index (χ4n) is 11.3. The molecule has 0 saturated carbocycles. The van der Waals surface area contributed by atoms with Gasteiger partial charge in [0, 0.05) is 19.3 Å². The number of carbonyl (C=O) groups excluding carboxylic acids is 3. The van der Waals surface area contributed by atoms with Crippen LogP contribution < -0.4 is 0 Å². The van der Waals surface area contributed by atoms with E-state index in [9.17, 15) is 14.4 Å². The predicted molar refractivity (Wildman–Crippen MR) is 358 cm³/mol. The van der Waals surface area contributed by atoms with Gasteiger partial charge in [-0.25, -0.2) is 0 Å². The standard InChI is InChI=1S/C76H142O6/c1-4-7-10-13-16-19-22-25-28-30-32-34-36-38-40-41-43-45-48-51-54-57-60-63-66-69-75(78)81-72-73(71-80-74(77)68-65-62-59-56-53-50-47-27-24-21-18-15-12-9-6-3)82-76(79)70-67-64-61-58-55-52-49-46-44-42-39-37-35-33-31-29-26-23-20-17-14-11-8-5-2/h22,25,30,32,36,38,73H,4-21,23-24,26-29,31,33-35,37,39-72H2,1-3H3/b25-22-,32-30-,38-36-. The molecule has 1 atom stereocenters. The maximum absolute atomic E-state index is 13.0. The summed E-state index contributed by atoms with van der Waals surface area (Å²) in [5.74, 6) is -0.837. The fraction of sp³-hybridized carbons (Fsp3) is 0.882. The fourth-order valence-corrected chi connectivity index (χ4v) is 11.3. The van der Waals surface area contributed by atoms with Gasteiger partial charge in [0.25, 0.3) is 0 Å². The quantitative estimate of drug-likeness (QED) is 0.0261. The number of allylic oxidation sites excluding steroid dienone is 6. The van der Waals surface area contributed by atoms with Crippen molar-refractivity contribution in [2.24, 2.45) is 0 Å². The minimum atomic E-state index is -0.771. The molecule has 0 heterocycles. The first-order chi connectivity index (χ1) is 40.5. The number of ether oxygens (including phenoxy) is 3. The monoisotopic (exact) mass is 1150 g/mol. The molecule has 0 N–H and O–H groups in total. The highest BCUT2D eigenvalue weighted by Crippen LogP contribution is 2.19. The molecule has 0 aromatic rings. The third-order valence-corrected chi connectivity index (χ3v) is 16.9. The van der Waals surface area contributed by atoms with Gasteiger partial charge < -0.3 is 14.2 Å². The van der Waals surface area contributed by atoms with Crippen LogP contribution in [-0.4, -0.2) is 37.2 Å². The summed E-state index contributed by atoms with van der Waals surface area (Å²) in [7, 11) is 0. The third kappa shape index (κ3) is 68.4. The Bertz CT molecular complexity index is 1370. The van der Waals surface area contributed by atoms with Gasteiger partial charge in [0.05, 0.1) is 0 Å². The second-order valence-electron chi connectivity index (χ2n) is 25.2. The summed E-state index contributed by atoms with van der Waals surface area (Å²) in [5, 5.41) is 0. The molecule has 0 aliphatic heterocycles. The van der Waals surface area contributed by atoms with Gasteiger partial charge in [0.1, 0.15) is 13.2 Å². The second kappa shape index (κ2) is 71.1. The van der Waals surface area contributed by atoms with Gasteiger partial charge in [-0.15, -0.1) is 0 Å². The molecule has 0 radical (unpaired) electrons. The van der Waals surface area contributed by atoms with E-state index < -0.39 is 6.10 Å². The Hall–Kier alpha value is -2.37. The Morgan fingerprint density at radius 2 is 0.439 bits per heavy atom. The number of hydrogen-bond donors (Lipinski definition) is 0.